The van der Waals surface area contributed by atoms with Gasteiger partial charge in [-0.05, 0) is 24.6 Å². The Morgan fingerprint density at radius 1 is 1.21 bits per heavy atom. The molecule has 0 fully saturated rings. The second-order valence-corrected chi connectivity index (χ2v) is 7.32. The van der Waals surface area contributed by atoms with E-state index in [1.54, 1.807) is 18.2 Å². The third-order valence-corrected chi connectivity index (χ3v) is 5.38. The highest BCUT2D eigenvalue weighted by molar-refractivity contribution is 5.98. The number of nitrogens with zero attached hydrogens (tertiary/aromatic N) is 2. The van der Waals surface area contributed by atoms with Crippen LogP contribution in [0.1, 0.15) is 12.1 Å². The average molecular weight is 388 g/mol. The maximum Gasteiger partial charge on any atom is 0.262 e. The van der Waals surface area contributed by atoms with Gasteiger partial charge in [-0.1, -0.05) is 30.3 Å². The molecule has 29 heavy (non-hydrogen) atoms. The van der Waals surface area contributed by atoms with Crippen molar-refractivity contribution in [3.05, 3.63) is 60.4 Å². The van der Waals surface area contributed by atoms with Crippen LogP contribution in [0.15, 0.2) is 54.7 Å². The Hall–Kier alpha value is -3.61. The molecule has 5 rings (SSSR count). The van der Waals surface area contributed by atoms with E-state index in [1.165, 1.54) is 0 Å². The van der Waals surface area contributed by atoms with Crippen molar-refractivity contribution >= 4 is 23.2 Å². The number of carbonyl (C=O) groups excluding carboxylic acids is 2. The molecule has 0 aliphatic carbocycles. The van der Waals surface area contributed by atoms with Gasteiger partial charge in [0.2, 0.25) is 5.91 Å². The van der Waals surface area contributed by atoms with E-state index in [-0.39, 0.29) is 24.3 Å². The lowest BCUT2D eigenvalue weighted by atomic mass is 9.95. The van der Waals surface area contributed by atoms with E-state index in [9.17, 15) is 9.59 Å². The molecule has 2 aliphatic heterocycles. The fourth-order valence-electron chi connectivity index (χ4n) is 3.91. The molecule has 2 aliphatic rings. The fourth-order valence-corrected chi connectivity index (χ4v) is 3.91. The summed E-state index contributed by atoms with van der Waals surface area (Å²) in [6.45, 7) is 0.769. The van der Waals surface area contributed by atoms with Crippen LogP contribution in [-0.4, -0.2) is 28.0 Å². The zero-order valence-electron chi connectivity index (χ0n) is 15.7. The summed E-state index contributed by atoms with van der Waals surface area (Å²) in [5.74, 6) is 1.21. The van der Waals surface area contributed by atoms with E-state index in [0.717, 1.165) is 30.0 Å². The number of nitrogens with one attached hydrogen (secondary N) is 2. The first kappa shape index (κ1) is 17.5. The lowest BCUT2D eigenvalue weighted by Crippen LogP contribution is -2.30. The van der Waals surface area contributed by atoms with Crippen molar-refractivity contribution in [2.24, 2.45) is 5.92 Å². The molecule has 0 saturated heterocycles. The van der Waals surface area contributed by atoms with Gasteiger partial charge in [0.15, 0.2) is 6.61 Å². The zero-order valence-corrected chi connectivity index (χ0v) is 15.7. The van der Waals surface area contributed by atoms with Crippen molar-refractivity contribution in [3.63, 3.8) is 0 Å². The minimum absolute atomic E-state index is 0.0133. The van der Waals surface area contributed by atoms with Crippen molar-refractivity contribution in [2.45, 2.75) is 19.4 Å². The molecule has 0 radical (unpaired) electrons. The molecule has 0 unspecified atom stereocenters. The Kier molecular flexibility index (Phi) is 4.27. The standard InChI is InChI=1S/C22H20N4O3/c27-20-13-29-19-7-6-16(11-18(19)25-20)24-22(28)15-8-9-26-17(10-15)12-23-21(26)14-4-2-1-3-5-14/h1-7,11-12,15H,8-10,13H2,(H,24,28)(H,25,27)/t15-/m1/s1. The van der Waals surface area contributed by atoms with Crippen molar-refractivity contribution in [1.82, 2.24) is 9.55 Å². The van der Waals surface area contributed by atoms with Crippen LogP contribution in [0.2, 0.25) is 0 Å². The molecule has 2 aromatic carbocycles. The van der Waals surface area contributed by atoms with E-state index in [0.29, 0.717) is 23.5 Å². The summed E-state index contributed by atoms with van der Waals surface area (Å²) in [4.78, 5) is 28.9. The summed E-state index contributed by atoms with van der Waals surface area (Å²) in [7, 11) is 0. The van der Waals surface area contributed by atoms with Gasteiger partial charge >= 0.3 is 0 Å². The molecule has 0 spiro atoms. The van der Waals surface area contributed by atoms with Gasteiger partial charge in [-0.3, -0.25) is 9.59 Å². The third-order valence-electron chi connectivity index (χ3n) is 5.38. The van der Waals surface area contributed by atoms with Gasteiger partial charge in [-0.25, -0.2) is 4.98 Å². The number of fused-ring (bicyclic) bond motifs is 2. The topological polar surface area (TPSA) is 85.2 Å². The van der Waals surface area contributed by atoms with Gasteiger partial charge in [0.1, 0.15) is 11.6 Å². The number of amides is 2. The van der Waals surface area contributed by atoms with Crippen LogP contribution in [0.4, 0.5) is 11.4 Å². The second kappa shape index (κ2) is 7.09. The Labute approximate surface area is 167 Å². The molecule has 2 amide bonds. The number of imidazole rings is 1. The summed E-state index contributed by atoms with van der Waals surface area (Å²) in [6.07, 6.45) is 3.27. The maximum absolute atomic E-state index is 12.8. The van der Waals surface area contributed by atoms with E-state index < -0.39 is 0 Å². The SMILES string of the molecule is O=C1COc2ccc(NC(=O)[C@@H]3CCn4c(cnc4-c4ccccc4)C3)cc2N1. The highest BCUT2D eigenvalue weighted by Crippen LogP contribution is 2.32. The largest absolute Gasteiger partial charge is 0.482 e. The van der Waals surface area contributed by atoms with Gasteiger partial charge in [0, 0.05) is 42.0 Å². The van der Waals surface area contributed by atoms with Crippen LogP contribution in [0, 0.1) is 5.92 Å². The molecular weight excluding hydrogens is 368 g/mol. The van der Waals surface area contributed by atoms with Gasteiger partial charge in [0.25, 0.3) is 5.91 Å². The van der Waals surface area contributed by atoms with E-state index in [1.807, 2.05) is 36.5 Å². The van der Waals surface area contributed by atoms with Crippen molar-refractivity contribution in [2.75, 3.05) is 17.2 Å². The minimum atomic E-state index is -0.198. The fraction of sp³-hybridized carbons (Fsp3) is 0.227. The number of hydrogen-bond acceptors (Lipinski definition) is 4. The molecule has 0 saturated carbocycles. The molecule has 1 aromatic heterocycles. The Morgan fingerprint density at radius 2 is 2.07 bits per heavy atom. The smallest absolute Gasteiger partial charge is 0.262 e. The average Bonchev–Trinajstić information content (AvgIpc) is 3.17. The first-order valence-corrected chi connectivity index (χ1v) is 9.65. The van der Waals surface area contributed by atoms with Crippen LogP contribution in [-0.2, 0) is 22.6 Å². The van der Waals surface area contributed by atoms with Crippen LogP contribution in [0.3, 0.4) is 0 Å². The van der Waals surface area contributed by atoms with Crippen LogP contribution in [0.5, 0.6) is 5.75 Å². The minimum Gasteiger partial charge on any atom is -0.482 e. The highest BCUT2D eigenvalue weighted by atomic mass is 16.5. The quantitative estimate of drug-likeness (QED) is 0.722. The van der Waals surface area contributed by atoms with Crippen LogP contribution >= 0.6 is 0 Å². The summed E-state index contributed by atoms with van der Waals surface area (Å²) in [5, 5.41) is 5.73. The molecule has 2 N–H and O–H groups in total. The third kappa shape index (κ3) is 3.35. The summed E-state index contributed by atoms with van der Waals surface area (Å²) >= 11 is 0. The van der Waals surface area contributed by atoms with Gasteiger partial charge in [-0.15, -0.1) is 0 Å². The molecular formula is C22H20N4O3. The number of anilines is 2. The number of aromatic nitrogens is 2. The monoisotopic (exact) mass is 388 g/mol. The summed E-state index contributed by atoms with van der Waals surface area (Å²) in [5.41, 5.74) is 3.37. The number of hydrogen-bond donors (Lipinski definition) is 2. The highest BCUT2D eigenvalue weighted by Gasteiger charge is 2.27. The van der Waals surface area contributed by atoms with Crippen molar-refractivity contribution < 1.29 is 14.3 Å². The molecule has 3 aromatic rings. The molecule has 7 heteroatoms. The number of carbonyl (C=O) groups is 2. The Balaban J connectivity index is 1.30. The predicted octanol–water partition coefficient (Wildman–Crippen LogP) is 3.08. The molecule has 3 heterocycles. The Morgan fingerprint density at radius 3 is 2.93 bits per heavy atom. The van der Waals surface area contributed by atoms with Gasteiger partial charge < -0.3 is 19.9 Å². The zero-order chi connectivity index (χ0) is 19.8. The maximum atomic E-state index is 12.8. The summed E-state index contributed by atoms with van der Waals surface area (Å²) in [6, 6.07) is 15.4. The molecule has 1 atom stereocenters. The molecule has 146 valence electrons. The van der Waals surface area contributed by atoms with Gasteiger partial charge in [0.05, 0.1) is 5.69 Å². The number of rotatable bonds is 3. The number of ether oxygens (including phenoxy) is 1. The second-order valence-electron chi connectivity index (χ2n) is 7.32. The van der Waals surface area contributed by atoms with E-state index in [4.69, 9.17) is 4.74 Å². The Bertz CT molecular complexity index is 1090. The van der Waals surface area contributed by atoms with Crippen LogP contribution < -0.4 is 15.4 Å². The first-order chi connectivity index (χ1) is 14.2. The first-order valence-electron chi connectivity index (χ1n) is 9.65. The summed E-state index contributed by atoms with van der Waals surface area (Å²) < 4.78 is 7.55. The van der Waals surface area contributed by atoms with Crippen LogP contribution in [0.25, 0.3) is 11.4 Å². The normalized spacial score (nSPS) is 17.5. The lowest BCUT2D eigenvalue weighted by Gasteiger charge is -2.25. The predicted molar refractivity (Wildman–Crippen MR) is 109 cm³/mol. The molecule has 7 nitrogen and oxygen atoms in total. The van der Waals surface area contributed by atoms with E-state index >= 15 is 0 Å². The lowest BCUT2D eigenvalue weighted by molar-refractivity contribution is -0.120. The van der Waals surface area contributed by atoms with Crippen molar-refractivity contribution in [3.8, 4) is 17.1 Å². The number of benzene rings is 2. The molecule has 0 bridgehead atoms. The van der Waals surface area contributed by atoms with Crippen molar-refractivity contribution in [1.29, 1.82) is 0 Å². The van der Waals surface area contributed by atoms with E-state index in [2.05, 4.69) is 20.2 Å². The van der Waals surface area contributed by atoms with Gasteiger partial charge in [-0.2, -0.15) is 0 Å².